The van der Waals surface area contributed by atoms with E-state index in [1.165, 1.54) is 22.5 Å². The van der Waals surface area contributed by atoms with Gasteiger partial charge in [0.2, 0.25) is 0 Å². The Kier molecular flexibility index (Phi) is 4.98. The fourth-order valence-corrected chi connectivity index (χ4v) is 4.80. The molecule has 0 unspecified atom stereocenters. The summed E-state index contributed by atoms with van der Waals surface area (Å²) in [6, 6.07) is 19.1. The van der Waals surface area contributed by atoms with Gasteiger partial charge in [-0.25, -0.2) is 0 Å². The Labute approximate surface area is 170 Å². The van der Waals surface area contributed by atoms with Gasteiger partial charge < -0.3 is 0 Å². The quantitative estimate of drug-likeness (QED) is 0.402. The van der Waals surface area contributed by atoms with Crippen LogP contribution in [0.5, 0.6) is 0 Å². The van der Waals surface area contributed by atoms with Crippen molar-refractivity contribution in [3.05, 3.63) is 65.1 Å². The number of hydrogen-bond acceptors (Lipinski definition) is 3. The average molecular weight is 389 g/mol. The van der Waals surface area contributed by atoms with Gasteiger partial charge in [0, 0.05) is 12.1 Å². The van der Waals surface area contributed by atoms with Crippen molar-refractivity contribution >= 4 is 50.5 Å². The lowest BCUT2D eigenvalue weighted by Gasteiger charge is -2.20. The molecule has 0 spiro atoms. The first-order valence-corrected chi connectivity index (χ1v) is 10.5. The highest BCUT2D eigenvalue weighted by Crippen LogP contribution is 2.37. The van der Waals surface area contributed by atoms with Gasteiger partial charge in [-0.1, -0.05) is 48.5 Å². The number of amidine groups is 1. The zero-order valence-corrected chi connectivity index (χ0v) is 17.5. The molecule has 1 aliphatic heterocycles. The molecule has 0 aliphatic carbocycles. The second-order valence-electron chi connectivity index (χ2n) is 7.62. The molecule has 1 saturated heterocycles. The number of thioether (sulfide) groups is 1. The maximum atomic E-state index is 13.2. The number of aliphatic imine (C=N–C) groups is 1. The molecular weight excluding hydrogens is 364 g/mol. The largest absolute Gasteiger partial charge is 0.284 e. The second-order valence-corrected chi connectivity index (χ2v) is 8.63. The minimum atomic E-state index is 0.0383. The lowest BCUT2D eigenvalue weighted by Crippen LogP contribution is -2.35. The lowest BCUT2D eigenvalue weighted by molar-refractivity contribution is -0.123. The lowest BCUT2D eigenvalue weighted by atomic mass is 9.96. The van der Waals surface area contributed by atoms with Crippen molar-refractivity contribution < 1.29 is 4.79 Å². The summed E-state index contributed by atoms with van der Waals surface area (Å²) in [6.07, 6.45) is 2.05. The van der Waals surface area contributed by atoms with Crippen LogP contribution in [0.2, 0.25) is 0 Å². The molecule has 1 aliphatic rings. The second kappa shape index (κ2) is 7.44. The number of fused-ring (bicyclic) bond motifs is 2. The first-order chi connectivity index (χ1) is 13.5. The van der Waals surface area contributed by atoms with Crippen LogP contribution >= 0.6 is 11.8 Å². The van der Waals surface area contributed by atoms with Crippen molar-refractivity contribution in [2.75, 3.05) is 0 Å². The van der Waals surface area contributed by atoms with Crippen LogP contribution < -0.4 is 0 Å². The average Bonchev–Trinajstić information content (AvgIpc) is 2.96. The van der Waals surface area contributed by atoms with Crippen LogP contribution in [0, 0.1) is 0 Å². The molecule has 0 atom stereocenters. The van der Waals surface area contributed by atoms with Gasteiger partial charge in [-0.3, -0.25) is 14.7 Å². The fraction of sp³-hybridized carbons (Fsp3) is 0.250. The summed E-state index contributed by atoms with van der Waals surface area (Å²) in [4.78, 5) is 20.4. The molecule has 0 bridgehead atoms. The number of carbonyl (C=O) groups is 1. The van der Waals surface area contributed by atoms with Crippen LogP contribution in [-0.2, 0) is 4.79 Å². The number of amides is 1. The summed E-state index contributed by atoms with van der Waals surface area (Å²) in [7, 11) is 0. The maximum Gasteiger partial charge on any atom is 0.266 e. The topological polar surface area (TPSA) is 32.7 Å². The van der Waals surface area contributed by atoms with Crippen LogP contribution in [0.25, 0.3) is 27.6 Å². The minimum Gasteiger partial charge on any atom is -0.284 e. The first-order valence-electron chi connectivity index (χ1n) is 9.67. The molecule has 1 fully saturated rings. The Morgan fingerprint density at radius 1 is 0.929 bits per heavy atom. The van der Waals surface area contributed by atoms with Gasteiger partial charge in [0.15, 0.2) is 5.17 Å². The Bertz CT molecular complexity index is 1070. The van der Waals surface area contributed by atoms with Gasteiger partial charge >= 0.3 is 0 Å². The van der Waals surface area contributed by atoms with Gasteiger partial charge in [0.1, 0.15) is 0 Å². The molecule has 142 valence electrons. The van der Waals surface area contributed by atoms with Crippen LogP contribution in [0.4, 0.5) is 0 Å². The number of benzene rings is 3. The molecule has 3 aromatic rings. The summed E-state index contributed by atoms with van der Waals surface area (Å²) in [6.45, 7) is 8.14. The van der Waals surface area contributed by atoms with Crippen molar-refractivity contribution in [2.24, 2.45) is 4.99 Å². The van der Waals surface area contributed by atoms with Gasteiger partial charge in [0.25, 0.3) is 5.91 Å². The summed E-state index contributed by atoms with van der Waals surface area (Å²) in [5.74, 6) is 0.0383. The van der Waals surface area contributed by atoms with E-state index in [0.29, 0.717) is 0 Å². The van der Waals surface area contributed by atoms with Crippen LogP contribution in [-0.4, -0.2) is 28.1 Å². The highest BCUT2D eigenvalue weighted by atomic mass is 32.2. The molecule has 4 heteroatoms. The standard InChI is InChI=1S/C24H24N2OS/c1-15(2)25-24-26(16(3)4)23(27)22(28-24)14-21-19-11-7-5-9-17(19)13-18-10-6-8-12-20(18)21/h5-16H,1-4H3/b22-14+,25-24?. The molecule has 1 heterocycles. The molecule has 28 heavy (non-hydrogen) atoms. The zero-order chi connectivity index (χ0) is 19.8. The summed E-state index contributed by atoms with van der Waals surface area (Å²) in [5.41, 5.74) is 1.10. The summed E-state index contributed by atoms with van der Waals surface area (Å²) >= 11 is 1.48. The highest BCUT2D eigenvalue weighted by molar-refractivity contribution is 8.18. The first kappa shape index (κ1) is 18.8. The van der Waals surface area contributed by atoms with Crippen LogP contribution in [0.15, 0.2) is 64.5 Å². The Morgan fingerprint density at radius 2 is 1.50 bits per heavy atom. The van der Waals surface area contributed by atoms with Crippen LogP contribution in [0.3, 0.4) is 0 Å². The maximum absolute atomic E-state index is 13.2. The van der Waals surface area contributed by atoms with Gasteiger partial charge in [-0.2, -0.15) is 0 Å². The molecule has 0 N–H and O–H groups in total. The molecular formula is C24H24N2OS. The Balaban J connectivity index is 1.93. The number of nitrogens with zero attached hydrogens (tertiary/aromatic N) is 2. The van der Waals surface area contributed by atoms with Crippen LogP contribution in [0.1, 0.15) is 33.3 Å². The van der Waals surface area contributed by atoms with E-state index in [9.17, 15) is 4.79 Å². The van der Waals surface area contributed by atoms with E-state index in [-0.39, 0.29) is 18.0 Å². The van der Waals surface area contributed by atoms with Gasteiger partial charge in [-0.05, 0) is 78.7 Å². The number of hydrogen-bond donors (Lipinski definition) is 0. The smallest absolute Gasteiger partial charge is 0.266 e. The highest BCUT2D eigenvalue weighted by Gasteiger charge is 2.35. The summed E-state index contributed by atoms with van der Waals surface area (Å²) < 4.78 is 0. The predicted octanol–water partition coefficient (Wildman–Crippen LogP) is 6.08. The molecule has 0 aromatic heterocycles. The van der Waals surface area contributed by atoms with E-state index < -0.39 is 0 Å². The van der Waals surface area contributed by atoms with Crippen molar-refractivity contribution in [2.45, 2.75) is 39.8 Å². The molecule has 1 amide bonds. The van der Waals surface area contributed by atoms with E-state index in [0.717, 1.165) is 26.4 Å². The predicted molar refractivity (Wildman–Crippen MR) is 122 cm³/mol. The Hall–Kier alpha value is -2.59. The fourth-order valence-electron chi connectivity index (χ4n) is 3.59. The van der Waals surface area contributed by atoms with E-state index in [4.69, 9.17) is 0 Å². The van der Waals surface area contributed by atoms with E-state index in [2.05, 4.69) is 65.7 Å². The molecule has 3 aromatic carbocycles. The number of carbonyl (C=O) groups excluding carboxylic acids is 1. The molecule has 4 rings (SSSR count). The molecule has 0 radical (unpaired) electrons. The molecule has 0 saturated carbocycles. The van der Waals surface area contributed by atoms with Gasteiger partial charge in [-0.15, -0.1) is 0 Å². The third-order valence-electron chi connectivity index (χ3n) is 4.81. The van der Waals surface area contributed by atoms with Crippen molar-refractivity contribution in [1.29, 1.82) is 0 Å². The third kappa shape index (κ3) is 3.33. The van der Waals surface area contributed by atoms with Crippen molar-refractivity contribution in [3.8, 4) is 0 Å². The summed E-state index contributed by atoms with van der Waals surface area (Å²) in [5, 5.41) is 5.48. The van der Waals surface area contributed by atoms with Crippen molar-refractivity contribution in [3.63, 3.8) is 0 Å². The van der Waals surface area contributed by atoms with Gasteiger partial charge in [0.05, 0.1) is 4.91 Å². The zero-order valence-electron chi connectivity index (χ0n) is 16.6. The minimum absolute atomic E-state index is 0.0383. The SMILES string of the molecule is CC(C)N=C1S/C(=C/c2c3ccccc3cc3ccccc23)C(=O)N1C(C)C. The monoisotopic (exact) mass is 388 g/mol. The van der Waals surface area contributed by atoms with Crippen molar-refractivity contribution in [1.82, 2.24) is 4.90 Å². The van der Waals surface area contributed by atoms with E-state index in [1.807, 2.05) is 32.6 Å². The molecule has 3 nitrogen and oxygen atoms in total. The Morgan fingerprint density at radius 3 is 2.04 bits per heavy atom. The van der Waals surface area contributed by atoms with E-state index >= 15 is 0 Å². The third-order valence-corrected chi connectivity index (χ3v) is 5.81. The van der Waals surface area contributed by atoms with E-state index in [1.54, 1.807) is 0 Å². The number of rotatable bonds is 3. The normalized spacial score (nSPS) is 17.9.